The van der Waals surface area contributed by atoms with Gasteiger partial charge in [-0.1, -0.05) is 0 Å². The van der Waals surface area contributed by atoms with Crippen LogP contribution >= 0.6 is 11.3 Å². The maximum absolute atomic E-state index is 11.1. The predicted molar refractivity (Wildman–Crippen MR) is 69.4 cm³/mol. The van der Waals surface area contributed by atoms with Crippen molar-refractivity contribution in [2.45, 2.75) is 34.2 Å². The van der Waals surface area contributed by atoms with E-state index in [9.17, 15) is 4.79 Å². The monoisotopic (exact) mass is 265 g/mol. The maximum Gasteiger partial charge on any atom is 0.339 e. The minimum Gasteiger partial charge on any atom is -0.478 e. The van der Waals surface area contributed by atoms with Crippen molar-refractivity contribution in [2.75, 3.05) is 0 Å². The standard InChI is InChI=1S/C12H15N3O2S/c1-6-9(4)18-10(13-6)5-15-8(3)11(12(16)17)7(2)14-15/h5H2,1-4H3,(H,16,17). The molecular weight excluding hydrogens is 250 g/mol. The smallest absolute Gasteiger partial charge is 0.339 e. The quantitative estimate of drug-likeness (QED) is 0.924. The number of carboxylic acid groups (broad SMARTS) is 1. The van der Waals surface area contributed by atoms with Crippen molar-refractivity contribution in [3.05, 3.63) is 32.5 Å². The molecule has 0 atom stereocenters. The lowest BCUT2D eigenvalue weighted by Gasteiger charge is -2.01. The highest BCUT2D eigenvalue weighted by atomic mass is 32.1. The summed E-state index contributed by atoms with van der Waals surface area (Å²) in [5.74, 6) is -0.928. The summed E-state index contributed by atoms with van der Waals surface area (Å²) in [5.41, 5.74) is 2.53. The molecule has 96 valence electrons. The number of aryl methyl sites for hydroxylation is 3. The van der Waals surface area contributed by atoms with E-state index < -0.39 is 5.97 Å². The molecule has 2 rings (SSSR count). The van der Waals surface area contributed by atoms with Crippen molar-refractivity contribution in [1.29, 1.82) is 0 Å². The zero-order chi connectivity index (χ0) is 13.4. The Morgan fingerprint density at radius 1 is 1.28 bits per heavy atom. The van der Waals surface area contributed by atoms with E-state index in [2.05, 4.69) is 10.1 Å². The molecule has 0 bridgehead atoms. The molecule has 0 aromatic carbocycles. The largest absolute Gasteiger partial charge is 0.478 e. The van der Waals surface area contributed by atoms with Crippen LogP contribution in [-0.4, -0.2) is 25.8 Å². The molecule has 0 saturated heterocycles. The van der Waals surface area contributed by atoms with Crippen LogP contribution in [0.1, 0.15) is 37.3 Å². The fourth-order valence-electron chi connectivity index (χ4n) is 1.90. The Hall–Kier alpha value is -1.69. The summed E-state index contributed by atoms with van der Waals surface area (Å²) in [6.07, 6.45) is 0. The second-order valence-corrected chi connectivity index (χ2v) is 5.55. The lowest BCUT2D eigenvalue weighted by Crippen LogP contribution is -2.05. The fourth-order valence-corrected chi connectivity index (χ4v) is 2.81. The molecule has 2 aromatic heterocycles. The molecule has 0 spiro atoms. The van der Waals surface area contributed by atoms with Gasteiger partial charge in [0.1, 0.15) is 10.6 Å². The summed E-state index contributed by atoms with van der Waals surface area (Å²) in [6.45, 7) is 8.01. The average molecular weight is 265 g/mol. The molecule has 2 heterocycles. The first-order chi connectivity index (χ1) is 8.40. The first kappa shape index (κ1) is 12.8. The van der Waals surface area contributed by atoms with Gasteiger partial charge in [0, 0.05) is 4.88 Å². The first-order valence-electron chi connectivity index (χ1n) is 5.60. The number of aromatic nitrogens is 3. The van der Waals surface area contributed by atoms with Crippen molar-refractivity contribution in [2.24, 2.45) is 0 Å². The van der Waals surface area contributed by atoms with E-state index >= 15 is 0 Å². The third-order valence-corrected chi connectivity index (χ3v) is 4.01. The first-order valence-corrected chi connectivity index (χ1v) is 6.42. The van der Waals surface area contributed by atoms with Gasteiger partial charge in [0.25, 0.3) is 0 Å². The molecule has 0 aliphatic rings. The minimum absolute atomic E-state index is 0.292. The molecule has 0 saturated carbocycles. The molecule has 0 aliphatic carbocycles. The summed E-state index contributed by atoms with van der Waals surface area (Å²) in [7, 11) is 0. The molecule has 0 aliphatic heterocycles. The van der Waals surface area contributed by atoms with Gasteiger partial charge in [0.15, 0.2) is 0 Å². The van der Waals surface area contributed by atoms with Gasteiger partial charge in [-0.25, -0.2) is 9.78 Å². The van der Waals surface area contributed by atoms with Gasteiger partial charge in [-0.3, -0.25) is 4.68 Å². The Morgan fingerprint density at radius 3 is 2.39 bits per heavy atom. The Morgan fingerprint density at radius 2 is 1.94 bits per heavy atom. The fraction of sp³-hybridized carbons (Fsp3) is 0.417. The predicted octanol–water partition coefficient (Wildman–Crippen LogP) is 2.32. The van der Waals surface area contributed by atoms with Gasteiger partial charge in [-0.15, -0.1) is 11.3 Å². The molecule has 1 N–H and O–H groups in total. The van der Waals surface area contributed by atoms with Gasteiger partial charge < -0.3 is 5.11 Å². The van der Waals surface area contributed by atoms with Crippen molar-refractivity contribution >= 4 is 17.3 Å². The van der Waals surface area contributed by atoms with E-state index in [-0.39, 0.29) is 0 Å². The van der Waals surface area contributed by atoms with Crippen LogP contribution in [-0.2, 0) is 6.54 Å². The van der Waals surface area contributed by atoms with Crippen molar-refractivity contribution < 1.29 is 9.90 Å². The average Bonchev–Trinajstić information content (AvgIpc) is 2.69. The molecule has 0 unspecified atom stereocenters. The van der Waals surface area contributed by atoms with Gasteiger partial charge >= 0.3 is 5.97 Å². The number of nitrogens with zero attached hydrogens (tertiary/aromatic N) is 3. The molecule has 6 heteroatoms. The van der Waals surface area contributed by atoms with Crippen molar-refractivity contribution in [1.82, 2.24) is 14.8 Å². The molecule has 18 heavy (non-hydrogen) atoms. The SMILES string of the molecule is Cc1nc(Cn2nc(C)c(C(=O)O)c2C)sc1C. The summed E-state index contributed by atoms with van der Waals surface area (Å²) < 4.78 is 1.70. The molecule has 5 nitrogen and oxygen atoms in total. The van der Waals surface area contributed by atoms with Gasteiger partial charge in [0.2, 0.25) is 0 Å². The van der Waals surface area contributed by atoms with Gasteiger partial charge in [-0.2, -0.15) is 5.10 Å². The lowest BCUT2D eigenvalue weighted by molar-refractivity contribution is 0.0695. The van der Waals surface area contributed by atoms with E-state index in [1.54, 1.807) is 29.9 Å². The summed E-state index contributed by atoms with van der Waals surface area (Å²) in [6, 6.07) is 0. The van der Waals surface area contributed by atoms with Crippen molar-refractivity contribution in [3.8, 4) is 0 Å². The molecular formula is C12H15N3O2S. The van der Waals surface area contributed by atoms with Crippen LogP contribution in [0.25, 0.3) is 0 Å². The lowest BCUT2D eigenvalue weighted by atomic mass is 10.2. The number of carbonyl (C=O) groups is 1. The van der Waals surface area contributed by atoms with Crippen LogP contribution in [0.3, 0.4) is 0 Å². The second kappa shape index (κ2) is 4.53. The third-order valence-electron chi connectivity index (χ3n) is 2.95. The second-order valence-electron chi connectivity index (χ2n) is 4.26. The van der Waals surface area contributed by atoms with Crippen LogP contribution in [0.2, 0.25) is 0 Å². The third kappa shape index (κ3) is 2.15. The molecule has 2 aromatic rings. The number of hydrogen-bond acceptors (Lipinski definition) is 4. The van der Waals surface area contributed by atoms with E-state index in [0.29, 0.717) is 23.5 Å². The van der Waals surface area contributed by atoms with Gasteiger partial charge in [0.05, 0.1) is 23.6 Å². The van der Waals surface area contributed by atoms with E-state index in [1.165, 1.54) is 4.88 Å². The Kier molecular flexibility index (Phi) is 3.21. The van der Waals surface area contributed by atoms with Gasteiger partial charge in [-0.05, 0) is 27.7 Å². The Bertz CT molecular complexity index is 594. The summed E-state index contributed by atoms with van der Waals surface area (Å²) in [5, 5.41) is 14.3. The number of aromatic carboxylic acids is 1. The summed E-state index contributed by atoms with van der Waals surface area (Å²) >= 11 is 1.62. The highest BCUT2D eigenvalue weighted by molar-refractivity contribution is 7.11. The number of thiazole rings is 1. The van der Waals surface area contributed by atoms with Crippen molar-refractivity contribution in [3.63, 3.8) is 0 Å². The van der Waals surface area contributed by atoms with Crippen LogP contribution in [0, 0.1) is 27.7 Å². The maximum atomic E-state index is 11.1. The highest BCUT2D eigenvalue weighted by Gasteiger charge is 2.18. The van der Waals surface area contributed by atoms with E-state index in [1.807, 2.05) is 13.8 Å². The highest BCUT2D eigenvalue weighted by Crippen LogP contribution is 2.19. The molecule has 0 radical (unpaired) electrons. The van der Waals surface area contributed by atoms with Crippen LogP contribution in [0.5, 0.6) is 0 Å². The molecule has 0 fully saturated rings. The zero-order valence-corrected chi connectivity index (χ0v) is 11.6. The summed E-state index contributed by atoms with van der Waals surface area (Å²) in [4.78, 5) is 16.7. The topological polar surface area (TPSA) is 68.0 Å². The zero-order valence-electron chi connectivity index (χ0n) is 10.8. The van der Waals surface area contributed by atoms with E-state index in [4.69, 9.17) is 5.11 Å². The minimum atomic E-state index is -0.928. The molecule has 0 amide bonds. The Balaban J connectivity index is 2.35. The number of rotatable bonds is 3. The Labute approximate surface area is 109 Å². The normalized spacial score (nSPS) is 10.9. The van der Waals surface area contributed by atoms with Crippen LogP contribution < -0.4 is 0 Å². The van der Waals surface area contributed by atoms with Crippen LogP contribution in [0.4, 0.5) is 0 Å². The number of carboxylic acids is 1. The number of hydrogen-bond donors (Lipinski definition) is 1. The van der Waals surface area contributed by atoms with E-state index in [0.717, 1.165) is 10.7 Å². The van der Waals surface area contributed by atoms with Crippen LogP contribution in [0.15, 0.2) is 0 Å².